The highest BCUT2D eigenvalue weighted by Gasteiger charge is 2.13. The maximum Gasteiger partial charge on any atom is 0.179 e. The predicted octanol–water partition coefficient (Wildman–Crippen LogP) is 3.85. The van der Waals surface area contributed by atoms with Gasteiger partial charge in [0, 0.05) is 30.2 Å². The molecule has 5 rings (SSSR count). The Morgan fingerprint density at radius 2 is 1.70 bits per heavy atom. The van der Waals surface area contributed by atoms with E-state index in [2.05, 4.69) is 26.0 Å². The SMILES string of the molecule is c1ccc2c(-c3ncc4sc5nccnc5c4n3)nccc2c1. The molecule has 5 nitrogen and oxygen atoms in total. The molecule has 108 valence electrons. The summed E-state index contributed by atoms with van der Waals surface area (Å²) in [4.78, 5) is 23.3. The minimum absolute atomic E-state index is 0.611. The summed E-state index contributed by atoms with van der Waals surface area (Å²) < 4.78 is 0.982. The lowest BCUT2D eigenvalue weighted by atomic mass is 10.1. The van der Waals surface area contributed by atoms with Crippen molar-refractivity contribution in [2.75, 3.05) is 0 Å². The second kappa shape index (κ2) is 4.76. The molecule has 6 heteroatoms. The molecular weight excluding hydrogens is 306 g/mol. The summed E-state index contributed by atoms with van der Waals surface area (Å²) in [5.41, 5.74) is 2.43. The van der Waals surface area contributed by atoms with Gasteiger partial charge in [0.25, 0.3) is 0 Å². The Labute approximate surface area is 134 Å². The Morgan fingerprint density at radius 1 is 0.783 bits per heavy atom. The first-order valence-electron chi connectivity index (χ1n) is 7.10. The van der Waals surface area contributed by atoms with Crippen LogP contribution in [0.4, 0.5) is 0 Å². The van der Waals surface area contributed by atoms with E-state index in [1.165, 1.54) is 0 Å². The number of hydrogen-bond acceptors (Lipinski definition) is 6. The molecule has 0 aliphatic heterocycles. The van der Waals surface area contributed by atoms with Crippen molar-refractivity contribution in [1.29, 1.82) is 0 Å². The zero-order chi connectivity index (χ0) is 15.2. The molecule has 0 unspecified atom stereocenters. The second-order valence-electron chi connectivity index (χ2n) is 5.10. The van der Waals surface area contributed by atoms with Crippen LogP contribution >= 0.6 is 11.3 Å². The molecule has 5 aromatic rings. The summed E-state index contributed by atoms with van der Waals surface area (Å²) in [6.07, 6.45) is 7.00. The Hall–Kier alpha value is -2.99. The van der Waals surface area contributed by atoms with Crippen LogP contribution in [0.25, 0.3) is 42.9 Å². The molecule has 0 fully saturated rings. The second-order valence-corrected chi connectivity index (χ2v) is 6.13. The number of hydrogen-bond donors (Lipinski definition) is 0. The van der Waals surface area contributed by atoms with Gasteiger partial charge < -0.3 is 0 Å². The Balaban J connectivity index is 1.84. The van der Waals surface area contributed by atoms with Crippen molar-refractivity contribution in [3.8, 4) is 11.5 Å². The first kappa shape index (κ1) is 12.5. The zero-order valence-corrected chi connectivity index (χ0v) is 12.7. The molecule has 0 bridgehead atoms. The van der Waals surface area contributed by atoms with E-state index in [1.807, 2.05) is 30.5 Å². The summed E-state index contributed by atoms with van der Waals surface area (Å²) >= 11 is 1.55. The van der Waals surface area contributed by atoms with Crippen molar-refractivity contribution >= 4 is 42.7 Å². The van der Waals surface area contributed by atoms with Gasteiger partial charge in [-0.25, -0.2) is 19.9 Å². The molecule has 4 heterocycles. The fourth-order valence-corrected chi connectivity index (χ4v) is 3.61. The molecule has 0 atom stereocenters. The summed E-state index contributed by atoms with van der Waals surface area (Å²) in [6.45, 7) is 0. The van der Waals surface area contributed by atoms with Crippen LogP contribution in [0.1, 0.15) is 0 Å². The number of benzene rings is 1. The number of thiophene rings is 1. The van der Waals surface area contributed by atoms with E-state index >= 15 is 0 Å². The van der Waals surface area contributed by atoms with Crippen LogP contribution in [0.15, 0.2) is 55.1 Å². The highest BCUT2D eigenvalue weighted by atomic mass is 32.1. The molecule has 0 N–H and O–H groups in total. The topological polar surface area (TPSA) is 64.5 Å². The molecule has 0 radical (unpaired) electrons. The number of rotatable bonds is 1. The Kier molecular flexibility index (Phi) is 2.59. The molecule has 1 aromatic carbocycles. The molecule has 0 amide bonds. The lowest BCUT2D eigenvalue weighted by Crippen LogP contribution is -1.92. The molecule has 0 saturated heterocycles. The van der Waals surface area contributed by atoms with Gasteiger partial charge >= 0.3 is 0 Å². The molecule has 23 heavy (non-hydrogen) atoms. The molecular formula is C17H9N5S. The standard InChI is InChI=1S/C17H9N5S/c1-2-4-11-10(3-1)5-6-18-13(11)16-21-9-12-14(22-16)15-17(23-12)20-8-7-19-15/h1-9H. The maximum absolute atomic E-state index is 4.72. The number of pyridine rings is 1. The fourth-order valence-electron chi connectivity index (χ4n) is 2.69. The van der Waals surface area contributed by atoms with Crippen molar-refractivity contribution in [2.45, 2.75) is 0 Å². The van der Waals surface area contributed by atoms with Crippen LogP contribution in [0.2, 0.25) is 0 Å². The Bertz CT molecular complexity index is 1180. The van der Waals surface area contributed by atoms with Crippen molar-refractivity contribution in [1.82, 2.24) is 24.9 Å². The van der Waals surface area contributed by atoms with Gasteiger partial charge in [-0.15, -0.1) is 11.3 Å². The quantitative estimate of drug-likeness (QED) is 0.470. The van der Waals surface area contributed by atoms with Gasteiger partial charge in [-0.2, -0.15) is 0 Å². The van der Waals surface area contributed by atoms with Gasteiger partial charge in [0.05, 0.1) is 4.70 Å². The third-order valence-electron chi connectivity index (χ3n) is 3.74. The Morgan fingerprint density at radius 3 is 2.70 bits per heavy atom. The molecule has 0 aliphatic carbocycles. The van der Waals surface area contributed by atoms with Crippen LogP contribution in [0.5, 0.6) is 0 Å². The number of aromatic nitrogens is 5. The highest BCUT2D eigenvalue weighted by molar-refractivity contribution is 7.25. The van der Waals surface area contributed by atoms with E-state index < -0.39 is 0 Å². The first-order chi connectivity index (χ1) is 11.4. The summed E-state index contributed by atoms with van der Waals surface area (Å²) in [5.74, 6) is 0.611. The summed E-state index contributed by atoms with van der Waals surface area (Å²) in [5, 5.41) is 2.16. The van der Waals surface area contributed by atoms with E-state index in [1.54, 1.807) is 29.9 Å². The lowest BCUT2D eigenvalue weighted by Gasteiger charge is -2.04. The number of nitrogens with zero attached hydrogens (tertiary/aromatic N) is 5. The maximum atomic E-state index is 4.72. The van der Waals surface area contributed by atoms with Gasteiger partial charge in [-0.3, -0.25) is 4.98 Å². The number of fused-ring (bicyclic) bond motifs is 4. The van der Waals surface area contributed by atoms with E-state index in [0.717, 1.165) is 37.0 Å². The van der Waals surface area contributed by atoms with Gasteiger partial charge in [-0.1, -0.05) is 24.3 Å². The average Bonchev–Trinajstić information content (AvgIpc) is 2.99. The van der Waals surface area contributed by atoms with Crippen molar-refractivity contribution < 1.29 is 0 Å². The van der Waals surface area contributed by atoms with Gasteiger partial charge in [0.15, 0.2) is 5.82 Å². The van der Waals surface area contributed by atoms with Gasteiger partial charge in [0.1, 0.15) is 21.6 Å². The predicted molar refractivity (Wildman–Crippen MR) is 91.2 cm³/mol. The van der Waals surface area contributed by atoms with E-state index in [0.29, 0.717) is 5.82 Å². The van der Waals surface area contributed by atoms with E-state index in [-0.39, 0.29) is 0 Å². The minimum Gasteiger partial charge on any atom is -0.252 e. The average molecular weight is 315 g/mol. The fraction of sp³-hybridized carbons (Fsp3) is 0. The summed E-state index contributed by atoms with van der Waals surface area (Å²) in [7, 11) is 0. The molecule has 0 spiro atoms. The zero-order valence-electron chi connectivity index (χ0n) is 11.8. The van der Waals surface area contributed by atoms with Crippen molar-refractivity contribution in [2.24, 2.45) is 0 Å². The van der Waals surface area contributed by atoms with Crippen LogP contribution < -0.4 is 0 Å². The summed E-state index contributed by atoms with van der Waals surface area (Å²) in [6, 6.07) is 10.1. The molecule has 0 saturated carbocycles. The third kappa shape index (κ3) is 1.89. The van der Waals surface area contributed by atoms with Gasteiger partial charge in [0.2, 0.25) is 0 Å². The molecule has 4 aromatic heterocycles. The first-order valence-corrected chi connectivity index (χ1v) is 7.92. The van der Waals surface area contributed by atoms with Crippen LogP contribution in [0.3, 0.4) is 0 Å². The van der Waals surface area contributed by atoms with Crippen LogP contribution in [0, 0.1) is 0 Å². The van der Waals surface area contributed by atoms with Gasteiger partial charge in [-0.05, 0) is 11.5 Å². The highest BCUT2D eigenvalue weighted by Crippen LogP contribution is 2.31. The monoisotopic (exact) mass is 315 g/mol. The largest absolute Gasteiger partial charge is 0.252 e. The van der Waals surface area contributed by atoms with E-state index in [4.69, 9.17) is 4.98 Å². The smallest absolute Gasteiger partial charge is 0.179 e. The van der Waals surface area contributed by atoms with Crippen LogP contribution in [-0.2, 0) is 0 Å². The van der Waals surface area contributed by atoms with Crippen LogP contribution in [-0.4, -0.2) is 24.9 Å². The minimum atomic E-state index is 0.611. The molecule has 0 aliphatic rings. The van der Waals surface area contributed by atoms with Crippen molar-refractivity contribution in [3.63, 3.8) is 0 Å². The van der Waals surface area contributed by atoms with Crippen molar-refractivity contribution in [3.05, 3.63) is 55.1 Å². The third-order valence-corrected chi connectivity index (χ3v) is 4.75. The normalized spacial score (nSPS) is 11.5. The van der Waals surface area contributed by atoms with E-state index in [9.17, 15) is 0 Å². The lowest BCUT2D eigenvalue weighted by molar-refractivity contribution is 1.19.